The molecule has 1 aliphatic rings. The lowest BCUT2D eigenvalue weighted by Crippen LogP contribution is -2.37. The molecule has 1 amide bonds. The molecule has 0 heterocycles. The maximum atomic E-state index is 12.5. The first-order chi connectivity index (χ1) is 9.95. The number of para-hydroxylation sites is 1. The Bertz CT molecular complexity index is 596. The average molecular weight is 294 g/mol. The molecule has 0 atom stereocenters. The summed E-state index contributed by atoms with van der Waals surface area (Å²) in [4.78, 5) is 34.9. The van der Waals surface area contributed by atoms with Crippen molar-refractivity contribution in [3.63, 3.8) is 0 Å². The number of nitrogens with zero attached hydrogens (tertiary/aromatic N) is 2. The molecule has 0 radical (unpaired) electrons. The molecule has 2 rings (SSSR count). The van der Waals surface area contributed by atoms with Gasteiger partial charge in [0.05, 0.1) is 17.6 Å². The van der Waals surface area contributed by atoms with Gasteiger partial charge in [-0.3, -0.25) is 19.7 Å². The average Bonchev–Trinajstić information content (AvgIpc) is 3.27. The van der Waals surface area contributed by atoms with Crippen molar-refractivity contribution in [2.45, 2.75) is 18.9 Å². The third kappa shape index (κ3) is 3.10. The van der Waals surface area contributed by atoms with Crippen molar-refractivity contribution >= 4 is 17.6 Å². The van der Waals surface area contributed by atoms with Crippen molar-refractivity contribution < 1.29 is 24.4 Å². The lowest BCUT2D eigenvalue weighted by Gasteiger charge is -2.21. The van der Waals surface area contributed by atoms with Crippen molar-refractivity contribution in [3.8, 4) is 5.75 Å². The molecular formula is C13H14N2O6. The van der Waals surface area contributed by atoms with Gasteiger partial charge >= 0.3 is 11.7 Å². The second-order valence-electron chi connectivity index (χ2n) is 4.67. The molecule has 1 aromatic rings. The Morgan fingerprint density at radius 1 is 1.48 bits per heavy atom. The summed E-state index contributed by atoms with van der Waals surface area (Å²) in [7, 11) is 1.23. The quantitative estimate of drug-likeness (QED) is 0.625. The molecule has 1 saturated carbocycles. The van der Waals surface area contributed by atoms with Crippen LogP contribution in [0.3, 0.4) is 0 Å². The van der Waals surface area contributed by atoms with Crippen LogP contribution in [0.1, 0.15) is 23.2 Å². The number of methoxy groups -OCH3 is 1. The van der Waals surface area contributed by atoms with Crippen LogP contribution >= 0.6 is 0 Å². The molecule has 0 bridgehead atoms. The van der Waals surface area contributed by atoms with E-state index in [-0.39, 0.29) is 23.0 Å². The highest BCUT2D eigenvalue weighted by molar-refractivity contribution is 5.99. The number of hydrogen-bond donors (Lipinski definition) is 1. The van der Waals surface area contributed by atoms with Crippen LogP contribution in [0.2, 0.25) is 0 Å². The maximum absolute atomic E-state index is 12.5. The summed E-state index contributed by atoms with van der Waals surface area (Å²) in [5.74, 6) is -1.84. The molecule has 1 N–H and O–H groups in total. The van der Waals surface area contributed by atoms with Crippen LogP contribution in [0.25, 0.3) is 0 Å². The summed E-state index contributed by atoms with van der Waals surface area (Å²) < 4.78 is 4.98. The number of rotatable bonds is 6. The third-order valence-corrected chi connectivity index (χ3v) is 3.18. The molecule has 8 heteroatoms. The van der Waals surface area contributed by atoms with E-state index in [4.69, 9.17) is 9.84 Å². The first kappa shape index (κ1) is 14.8. The molecular weight excluding hydrogens is 280 g/mol. The monoisotopic (exact) mass is 294 g/mol. The number of carboxylic acid groups (broad SMARTS) is 1. The smallest absolute Gasteiger partial charge is 0.323 e. The van der Waals surface area contributed by atoms with Crippen LogP contribution < -0.4 is 4.74 Å². The summed E-state index contributed by atoms with van der Waals surface area (Å²) in [5, 5.41) is 19.8. The number of amides is 1. The van der Waals surface area contributed by atoms with E-state index in [2.05, 4.69) is 0 Å². The predicted octanol–water partition coefficient (Wildman–Crippen LogP) is 1.29. The molecule has 1 aromatic carbocycles. The highest BCUT2D eigenvalue weighted by atomic mass is 16.6. The van der Waals surface area contributed by atoms with Crippen LogP contribution in [0, 0.1) is 10.1 Å². The molecule has 0 spiro atoms. The summed E-state index contributed by atoms with van der Waals surface area (Å²) in [6, 6.07) is 3.87. The number of nitro groups is 1. The van der Waals surface area contributed by atoms with Gasteiger partial charge in [0.15, 0.2) is 0 Å². The summed E-state index contributed by atoms with van der Waals surface area (Å²) in [5.41, 5.74) is -0.325. The number of ether oxygens (including phenoxy) is 1. The van der Waals surface area contributed by atoms with Gasteiger partial charge in [-0.2, -0.15) is 0 Å². The minimum Gasteiger partial charge on any atom is -0.490 e. The summed E-state index contributed by atoms with van der Waals surface area (Å²) >= 11 is 0. The van der Waals surface area contributed by atoms with E-state index >= 15 is 0 Å². The molecule has 0 aromatic heterocycles. The second kappa shape index (κ2) is 5.78. The Morgan fingerprint density at radius 2 is 2.14 bits per heavy atom. The fourth-order valence-corrected chi connectivity index (χ4v) is 2.10. The van der Waals surface area contributed by atoms with E-state index in [1.54, 1.807) is 0 Å². The Balaban J connectivity index is 2.39. The predicted molar refractivity (Wildman–Crippen MR) is 71.3 cm³/mol. The van der Waals surface area contributed by atoms with Gasteiger partial charge in [-0.1, -0.05) is 6.07 Å². The van der Waals surface area contributed by atoms with E-state index in [0.717, 1.165) is 12.8 Å². The number of hydrogen-bond acceptors (Lipinski definition) is 5. The highest BCUT2D eigenvalue weighted by Gasteiger charge is 2.36. The second-order valence-corrected chi connectivity index (χ2v) is 4.67. The Hall–Kier alpha value is -2.64. The van der Waals surface area contributed by atoms with Gasteiger partial charge in [-0.25, -0.2) is 0 Å². The zero-order valence-corrected chi connectivity index (χ0v) is 11.3. The van der Waals surface area contributed by atoms with E-state index in [0.29, 0.717) is 0 Å². The van der Waals surface area contributed by atoms with Gasteiger partial charge in [-0.15, -0.1) is 0 Å². The van der Waals surface area contributed by atoms with Crippen molar-refractivity contribution in [2.24, 2.45) is 0 Å². The Morgan fingerprint density at radius 3 is 2.62 bits per heavy atom. The van der Waals surface area contributed by atoms with Crippen molar-refractivity contribution in [2.75, 3.05) is 13.7 Å². The van der Waals surface area contributed by atoms with Crippen LogP contribution in [-0.4, -0.2) is 46.5 Å². The Kier molecular flexibility index (Phi) is 4.06. The van der Waals surface area contributed by atoms with Crippen molar-refractivity contribution in [1.29, 1.82) is 0 Å². The minimum atomic E-state index is -1.13. The van der Waals surface area contributed by atoms with Crippen LogP contribution in [0.5, 0.6) is 5.75 Å². The normalized spacial score (nSPS) is 13.6. The van der Waals surface area contributed by atoms with Crippen LogP contribution in [0.4, 0.5) is 5.69 Å². The van der Waals surface area contributed by atoms with Crippen LogP contribution in [0.15, 0.2) is 18.2 Å². The standard InChI is InChI=1S/C13H14N2O6/c1-21-12-9(3-2-4-10(12)15(19)20)13(18)14(7-11(16)17)8-5-6-8/h2-4,8H,5-7H2,1H3,(H,16,17). The van der Waals surface area contributed by atoms with Crippen LogP contribution in [-0.2, 0) is 4.79 Å². The molecule has 21 heavy (non-hydrogen) atoms. The lowest BCUT2D eigenvalue weighted by atomic mass is 10.1. The van der Waals surface area contributed by atoms with Gasteiger partial charge in [0, 0.05) is 12.1 Å². The van der Waals surface area contributed by atoms with Gasteiger partial charge in [0.1, 0.15) is 6.54 Å². The largest absolute Gasteiger partial charge is 0.490 e. The number of benzene rings is 1. The van der Waals surface area contributed by atoms with E-state index in [1.165, 1.54) is 30.2 Å². The topological polar surface area (TPSA) is 110 Å². The van der Waals surface area contributed by atoms with Crippen molar-refractivity contribution in [3.05, 3.63) is 33.9 Å². The van der Waals surface area contributed by atoms with E-state index in [1.807, 2.05) is 0 Å². The third-order valence-electron chi connectivity index (χ3n) is 3.18. The fraction of sp³-hybridized carbons (Fsp3) is 0.385. The minimum absolute atomic E-state index is 0.000139. The van der Waals surface area contributed by atoms with Crippen molar-refractivity contribution in [1.82, 2.24) is 4.90 Å². The number of carbonyl (C=O) groups is 2. The Labute approximate surface area is 120 Å². The summed E-state index contributed by atoms with van der Waals surface area (Å²) in [6.45, 7) is -0.435. The molecule has 0 saturated heterocycles. The zero-order chi connectivity index (χ0) is 15.6. The molecule has 112 valence electrons. The fourth-order valence-electron chi connectivity index (χ4n) is 2.10. The number of aliphatic carboxylic acids is 1. The first-order valence-electron chi connectivity index (χ1n) is 6.30. The number of carboxylic acids is 1. The van der Waals surface area contributed by atoms with Gasteiger partial charge in [0.2, 0.25) is 5.75 Å². The first-order valence-corrected chi connectivity index (χ1v) is 6.30. The molecule has 8 nitrogen and oxygen atoms in total. The maximum Gasteiger partial charge on any atom is 0.323 e. The van der Waals surface area contributed by atoms with Gasteiger partial charge in [0.25, 0.3) is 5.91 Å². The lowest BCUT2D eigenvalue weighted by molar-refractivity contribution is -0.385. The number of nitro benzene ring substituents is 1. The molecule has 1 aliphatic carbocycles. The van der Waals surface area contributed by atoms with Gasteiger partial charge < -0.3 is 14.7 Å². The number of carbonyl (C=O) groups excluding carboxylic acids is 1. The molecule has 0 aliphatic heterocycles. The molecule has 0 unspecified atom stereocenters. The SMILES string of the molecule is COc1c(C(=O)N(CC(=O)O)C2CC2)cccc1[N+](=O)[O-]. The van der Waals surface area contributed by atoms with E-state index in [9.17, 15) is 19.7 Å². The zero-order valence-electron chi connectivity index (χ0n) is 11.3. The summed E-state index contributed by atoms with van der Waals surface area (Å²) in [6.07, 6.45) is 1.46. The molecule has 1 fully saturated rings. The highest BCUT2D eigenvalue weighted by Crippen LogP contribution is 2.34. The van der Waals surface area contributed by atoms with E-state index < -0.39 is 23.3 Å². The van der Waals surface area contributed by atoms with Gasteiger partial charge in [-0.05, 0) is 18.9 Å².